The van der Waals surface area contributed by atoms with E-state index in [1.807, 2.05) is 44.2 Å². The number of sulfonamides is 1. The highest BCUT2D eigenvalue weighted by molar-refractivity contribution is 7.89. The number of fused-ring (bicyclic) bond motifs is 1. The van der Waals surface area contributed by atoms with Crippen molar-refractivity contribution in [2.45, 2.75) is 56.8 Å². The third kappa shape index (κ3) is 8.04. The Morgan fingerprint density at radius 2 is 1.87 bits per heavy atom. The largest absolute Gasteiger partial charge is 0.434 e. The van der Waals surface area contributed by atoms with Crippen molar-refractivity contribution in [3.05, 3.63) is 89.4 Å². The van der Waals surface area contributed by atoms with Crippen LogP contribution in [0, 0.1) is 5.92 Å². The minimum absolute atomic E-state index is 0.00309. The summed E-state index contributed by atoms with van der Waals surface area (Å²) in [4.78, 5) is 43.8. The van der Waals surface area contributed by atoms with Crippen molar-refractivity contribution < 1.29 is 32.6 Å². The van der Waals surface area contributed by atoms with Gasteiger partial charge >= 0.3 is 6.09 Å². The zero-order valence-electron chi connectivity index (χ0n) is 26.4. The summed E-state index contributed by atoms with van der Waals surface area (Å²) in [6.07, 6.45) is -2.33. The number of nitrogens with zero attached hydrogens (tertiary/aromatic N) is 3. The average Bonchev–Trinajstić information content (AvgIpc) is 3.70. The first-order valence-electron chi connectivity index (χ1n) is 15.4. The number of anilines is 1. The Bertz CT molecular complexity index is 1850. The SMILES string of the molecule is CC[C@H](C)CN(CC(O)C(Cc1ccccc1)NC(=O)C1CN(c2cccc(C(C)=O)c2)C(=O)O1)S(=O)(=O)c1ccc2ncsc2c1. The van der Waals surface area contributed by atoms with Crippen molar-refractivity contribution >= 4 is 55.0 Å². The van der Waals surface area contributed by atoms with E-state index in [1.165, 1.54) is 33.5 Å². The van der Waals surface area contributed by atoms with Crippen LogP contribution in [0.5, 0.6) is 0 Å². The maximum atomic E-state index is 14.0. The van der Waals surface area contributed by atoms with Crippen LogP contribution in [0.1, 0.15) is 43.1 Å². The van der Waals surface area contributed by atoms with Crippen molar-refractivity contribution in [2.24, 2.45) is 5.92 Å². The molecule has 1 aliphatic rings. The topological polar surface area (TPSA) is 146 Å². The second kappa shape index (κ2) is 14.7. The molecule has 3 unspecified atom stereocenters. The van der Waals surface area contributed by atoms with Crippen LogP contribution in [0.15, 0.2) is 83.2 Å². The van der Waals surface area contributed by atoms with Gasteiger partial charge in [0.1, 0.15) is 0 Å². The van der Waals surface area contributed by atoms with Gasteiger partial charge in [0.05, 0.1) is 39.3 Å². The number of aromatic nitrogens is 1. The Hall–Kier alpha value is -4.17. The van der Waals surface area contributed by atoms with Crippen LogP contribution < -0.4 is 10.2 Å². The van der Waals surface area contributed by atoms with E-state index in [1.54, 1.807) is 41.9 Å². The quantitative estimate of drug-likeness (QED) is 0.183. The van der Waals surface area contributed by atoms with Gasteiger partial charge in [0, 0.05) is 24.3 Å². The zero-order chi connectivity index (χ0) is 33.7. The summed E-state index contributed by atoms with van der Waals surface area (Å²) in [6, 6.07) is 19.6. The number of aliphatic hydroxyl groups excluding tert-OH is 1. The van der Waals surface area contributed by atoms with Gasteiger partial charge in [-0.1, -0.05) is 62.7 Å². The van der Waals surface area contributed by atoms with E-state index >= 15 is 0 Å². The Balaban J connectivity index is 1.37. The molecule has 3 aromatic carbocycles. The molecule has 2 N–H and O–H groups in total. The molecule has 11 nitrogen and oxygen atoms in total. The lowest BCUT2D eigenvalue weighted by molar-refractivity contribution is -0.129. The van der Waals surface area contributed by atoms with Gasteiger partial charge in [-0.15, -0.1) is 11.3 Å². The maximum absolute atomic E-state index is 14.0. The summed E-state index contributed by atoms with van der Waals surface area (Å²) in [5.41, 5.74) is 4.00. The molecule has 2 amide bonds. The number of hydrogen-bond acceptors (Lipinski definition) is 9. The lowest BCUT2D eigenvalue weighted by atomic mass is 10.0. The smallest absolute Gasteiger partial charge is 0.415 e. The molecule has 0 spiro atoms. The highest BCUT2D eigenvalue weighted by atomic mass is 32.2. The van der Waals surface area contributed by atoms with Crippen LogP contribution in [0.25, 0.3) is 10.2 Å². The summed E-state index contributed by atoms with van der Waals surface area (Å²) in [7, 11) is -4.04. The van der Waals surface area contributed by atoms with Crippen molar-refractivity contribution in [3.63, 3.8) is 0 Å². The van der Waals surface area contributed by atoms with Crippen molar-refractivity contribution in [1.82, 2.24) is 14.6 Å². The van der Waals surface area contributed by atoms with Crippen molar-refractivity contribution in [2.75, 3.05) is 24.5 Å². The van der Waals surface area contributed by atoms with Crippen LogP contribution in [0.3, 0.4) is 0 Å². The maximum Gasteiger partial charge on any atom is 0.415 e. The van der Waals surface area contributed by atoms with Crippen LogP contribution in [-0.4, -0.2) is 78.5 Å². The summed E-state index contributed by atoms with van der Waals surface area (Å²) < 4.78 is 35.4. The number of carbonyl (C=O) groups excluding carboxylic acids is 3. The third-order valence-electron chi connectivity index (χ3n) is 8.30. The monoisotopic (exact) mass is 678 g/mol. The summed E-state index contributed by atoms with van der Waals surface area (Å²) in [6.45, 7) is 5.11. The van der Waals surface area contributed by atoms with Crippen LogP contribution in [0.2, 0.25) is 0 Å². The Kier molecular flexibility index (Phi) is 10.7. The van der Waals surface area contributed by atoms with E-state index in [0.717, 1.165) is 16.7 Å². The normalized spacial score (nSPS) is 17.0. The number of benzene rings is 3. The highest BCUT2D eigenvalue weighted by Crippen LogP contribution is 2.26. The fourth-order valence-electron chi connectivity index (χ4n) is 5.36. The van der Waals surface area contributed by atoms with Crippen molar-refractivity contribution in [3.8, 4) is 0 Å². The zero-order valence-corrected chi connectivity index (χ0v) is 28.0. The second-order valence-electron chi connectivity index (χ2n) is 11.8. The number of amides is 2. The highest BCUT2D eigenvalue weighted by Gasteiger charge is 2.39. The number of aliphatic hydroxyl groups is 1. The van der Waals surface area contributed by atoms with Crippen LogP contribution in [0.4, 0.5) is 10.5 Å². The lowest BCUT2D eigenvalue weighted by Crippen LogP contribution is -2.53. The van der Waals surface area contributed by atoms with Gasteiger partial charge in [-0.05, 0) is 55.2 Å². The third-order valence-corrected chi connectivity index (χ3v) is 10.9. The number of carbonyl (C=O) groups is 3. The predicted molar refractivity (Wildman–Crippen MR) is 180 cm³/mol. The number of nitrogens with one attached hydrogen (secondary N) is 1. The molecule has 4 atom stereocenters. The van der Waals surface area contributed by atoms with Gasteiger partial charge < -0.3 is 15.2 Å². The number of ketones is 1. The number of hydrogen-bond donors (Lipinski definition) is 2. The van der Waals surface area contributed by atoms with E-state index in [2.05, 4.69) is 10.3 Å². The number of ether oxygens (including phenoxy) is 1. The molecule has 1 aliphatic heterocycles. The fraction of sp³-hybridized carbons (Fsp3) is 0.353. The minimum atomic E-state index is -4.04. The number of Topliss-reactive ketones (excluding diaryl/α,β-unsaturated/α-hetero) is 1. The molecule has 1 saturated heterocycles. The lowest BCUT2D eigenvalue weighted by Gasteiger charge is -2.31. The predicted octanol–water partition coefficient (Wildman–Crippen LogP) is 4.65. The number of cyclic esters (lactones) is 1. The van der Waals surface area contributed by atoms with Gasteiger partial charge in [0.15, 0.2) is 11.9 Å². The van der Waals surface area contributed by atoms with E-state index < -0.39 is 40.3 Å². The molecule has 0 bridgehead atoms. The molecule has 5 rings (SSSR count). The Labute approximate surface area is 278 Å². The molecule has 13 heteroatoms. The molecule has 0 saturated carbocycles. The summed E-state index contributed by atoms with van der Waals surface area (Å²) in [5.74, 6) is -0.799. The van der Waals surface area contributed by atoms with Gasteiger partial charge in [-0.25, -0.2) is 18.2 Å². The number of thiazole rings is 1. The van der Waals surface area contributed by atoms with Gasteiger partial charge in [0.2, 0.25) is 10.0 Å². The molecule has 4 aromatic rings. The Morgan fingerprint density at radius 1 is 1.11 bits per heavy atom. The Morgan fingerprint density at radius 3 is 2.60 bits per heavy atom. The molecule has 1 aromatic heterocycles. The van der Waals surface area contributed by atoms with Crippen molar-refractivity contribution in [1.29, 1.82) is 0 Å². The first-order valence-corrected chi connectivity index (χ1v) is 17.7. The first-order chi connectivity index (χ1) is 22.5. The summed E-state index contributed by atoms with van der Waals surface area (Å²) in [5, 5.41) is 14.5. The molecule has 0 aliphatic carbocycles. The van der Waals surface area contributed by atoms with Gasteiger partial charge in [-0.2, -0.15) is 4.31 Å². The molecule has 248 valence electrons. The van der Waals surface area contributed by atoms with E-state index in [4.69, 9.17) is 4.74 Å². The molecule has 1 fully saturated rings. The van der Waals surface area contributed by atoms with Crippen LogP contribution >= 0.6 is 11.3 Å². The van der Waals surface area contributed by atoms with Crippen LogP contribution in [-0.2, 0) is 26.0 Å². The minimum Gasteiger partial charge on any atom is -0.434 e. The van der Waals surface area contributed by atoms with Gasteiger partial charge in [-0.3, -0.25) is 14.5 Å². The van der Waals surface area contributed by atoms with E-state index in [0.29, 0.717) is 16.8 Å². The standard InChI is InChI=1S/C34H38N4O7S2/c1-4-22(2)18-37(47(43,44)27-13-14-28-32(17-27)46-21-35-28)19-30(40)29(15-24-9-6-5-7-10-24)36-33(41)31-20-38(34(42)45-31)26-12-8-11-25(16-26)23(3)39/h5-14,16-17,21-22,29-31,40H,4,15,18-20H2,1-3H3,(H,36,41)/t22-,29?,30?,31?/m0/s1. The average molecular weight is 679 g/mol. The molecule has 47 heavy (non-hydrogen) atoms. The van der Waals surface area contributed by atoms with E-state index in [9.17, 15) is 27.9 Å². The van der Waals surface area contributed by atoms with E-state index in [-0.39, 0.29) is 42.7 Å². The van der Waals surface area contributed by atoms with Gasteiger partial charge in [0.25, 0.3) is 5.91 Å². The molecule has 2 heterocycles. The molecule has 0 radical (unpaired) electrons. The fourth-order valence-corrected chi connectivity index (χ4v) is 7.75. The molecular formula is C34H38N4O7S2. The molecular weight excluding hydrogens is 641 g/mol. The second-order valence-corrected chi connectivity index (χ2v) is 14.6. The first kappa shape index (κ1) is 34.2. The number of rotatable bonds is 14. The summed E-state index contributed by atoms with van der Waals surface area (Å²) >= 11 is 1.34.